The number of thiazole rings is 1. The quantitative estimate of drug-likeness (QED) is 0.526. The third-order valence-corrected chi connectivity index (χ3v) is 5.95. The molecule has 3 aromatic rings. The van der Waals surface area contributed by atoms with Crippen molar-refractivity contribution in [3.63, 3.8) is 0 Å². The van der Waals surface area contributed by atoms with Gasteiger partial charge in [0.2, 0.25) is 5.91 Å². The molecule has 0 spiro atoms. The Bertz CT molecular complexity index is 1210. The summed E-state index contributed by atoms with van der Waals surface area (Å²) < 4.78 is 10.7. The van der Waals surface area contributed by atoms with Gasteiger partial charge >= 0.3 is 0 Å². The van der Waals surface area contributed by atoms with Gasteiger partial charge in [-0.2, -0.15) is 0 Å². The van der Waals surface area contributed by atoms with E-state index >= 15 is 0 Å². The van der Waals surface area contributed by atoms with Crippen molar-refractivity contribution in [3.8, 4) is 17.0 Å². The predicted molar refractivity (Wildman–Crippen MR) is 125 cm³/mol. The highest BCUT2D eigenvalue weighted by atomic mass is 32.1. The highest BCUT2D eigenvalue weighted by Gasteiger charge is 2.28. The summed E-state index contributed by atoms with van der Waals surface area (Å²) in [5.41, 5.74) is 7.91. The third-order valence-electron chi connectivity index (χ3n) is 5.04. The second-order valence-corrected chi connectivity index (χ2v) is 8.22. The zero-order valence-electron chi connectivity index (χ0n) is 17.9. The Kier molecular flexibility index (Phi) is 6.66. The fraction of sp³-hybridized carbons (Fsp3) is 0.217. The van der Waals surface area contributed by atoms with Crippen molar-refractivity contribution < 1.29 is 23.9 Å². The second kappa shape index (κ2) is 9.80. The van der Waals surface area contributed by atoms with Crippen LogP contribution in [0.2, 0.25) is 0 Å². The molecule has 1 aromatic heterocycles. The smallest absolute Gasteiger partial charge is 0.265 e. The summed E-state index contributed by atoms with van der Waals surface area (Å²) in [5.74, 6) is -0.974. The number of nitrogens with one attached hydrogen (secondary N) is 1. The van der Waals surface area contributed by atoms with Crippen LogP contribution >= 0.6 is 11.3 Å². The fourth-order valence-corrected chi connectivity index (χ4v) is 4.21. The van der Waals surface area contributed by atoms with Gasteiger partial charge in [-0.05, 0) is 30.3 Å². The van der Waals surface area contributed by atoms with E-state index in [1.807, 2.05) is 11.4 Å². The van der Waals surface area contributed by atoms with Gasteiger partial charge in [-0.25, -0.2) is 4.98 Å². The molecule has 1 aliphatic rings. The molecule has 3 N–H and O–H groups in total. The summed E-state index contributed by atoms with van der Waals surface area (Å²) in [4.78, 5) is 43.0. The fourth-order valence-electron chi connectivity index (χ4n) is 3.42. The van der Waals surface area contributed by atoms with Gasteiger partial charge in [-0.3, -0.25) is 19.3 Å². The topological polar surface area (TPSA) is 124 Å². The molecule has 0 atom stereocenters. The number of benzene rings is 2. The third kappa shape index (κ3) is 5.02. The van der Waals surface area contributed by atoms with Crippen LogP contribution in [0.25, 0.3) is 11.3 Å². The van der Waals surface area contributed by atoms with Crippen LogP contribution in [0.3, 0.4) is 0 Å². The first-order valence-electron chi connectivity index (χ1n) is 10.2. The first kappa shape index (κ1) is 22.4. The number of fused-ring (bicyclic) bond motifs is 1. The monoisotopic (exact) mass is 466 g/mol. The van der Waals surface area contributed by atoms with E-state index < -0.39 is 11.8 Å². The molecule has 0 saturated carbocycles. The zero-order valence-corrected chi connectivity index (χ0v) is 18.7. The van der Waals surface area contributed by atoms with Crippen LogP contribution in [-0.2, 0) is 20.7 Å². The molecular weight excluding hydrogens is 444 g/mol. The van der Waals surface area contributed by atoms with E-state index in [2.05, 4.69) is 10.3 Å². The molecule has 4 rings (SSSR count). The molecule has 0 fully saturated rings. The largest absolute Gasteiger partial charge is 0.482 e. The number of ether oxygens (including phenoxy) is 2. The maximum atomic E-state index is 12.7. The minimum Gasteiger partial charge on any atom is -0.482 e. The van der Waals surface area contributed by atoms with Crippen LogP contribution in [0.4, 0.5) is 11.4 Å². The van der Waals surface area contributed by atoms with E-state index in [1.165, 1.54) is 22.3 Å². The van der Waals surface area contributed by atoms with Gasteiger partial charge in [0.15, 0.2) is 6.61 Å². The zero-order chi connectivity index (χ0) is 23.4. The van der Waals surface area contributed by atoms with Gasteiger partial charge in [0.25, 0.3) is 11.8 Å². The molecule has 0 unspecified atom stereocenters. The number of hydrogen-bond donors (Lipinski definition) is 2. The van der Waals surface area contributed by atoms with E-state index in [4.69, 9.17) is 15.2 Å². The minimum atomic E-state index is -0.656. The standard InChI is InChI=1S/C23H22N4O5S/c1-31-9-8-21-26-17(13-33-21)14-6-7-19-18(10-14)27(22(29)12-32-19)11-20(28)25-16-5-3-2-4-15(16)23(24)30/h2-7,10,13H,8-9,11-12H2,1H3,(H2,24,30)(H,25,28). The molecule has 3 amide bonds. The summed E-state index contributed by atoms with van der Waals surface area (Å²) in [6.45, 7) is 0.165. The summed E-state index contributed by atoms with van der Waals surface area (Å²) in [5, 5.41) is 5.55. The van der Waals surface area contributed by atoms with E-state index in [1.54, 1.807) is 37.4 Å². The van der Waals surface area contributed by atoms with Crippen LogP contribution in [0.5, 0.6) is 5.75 Å². The Morgan fingerprint density at radius 1 is 1.27 bits per heavy atom. The van der Waals surface area contributed by atoms with Crippen molar-refractivity contribution in [1.82, 2.24) is 4.98 Å². The van der Waals surface area contributed by atoms with Crippen LogP contribution in [0.15, 0.2) is 47.8 Å². The number of para-hydroxylation sites is 1. The second-order valence-electron chi connectivity index (χ2n) is 7.28. The van der Waals surface area contributed by atoms with E-state index in [0.29, 0.717) is 24.5 Å². The number of hydrogen-bond acceptors (Lipinski definition) is 7. The van der Waals surface area contributed by atoms with Crippen molar-refractivity contribution in [3.05, 3.63) is 58.4 Å². The number of nitrogens with zero attached hydrogens (tertiary/aromatic N) is 2. The Morgan fingerprint density at radius 2 is 2.09 bits per heavy atom. The minimum absolute atomic E-state index is 0.171. The lowest BCUT2D eigenvalue weighted by molar-refractivity contribution is -0.123. The number of primary amides is 1. The van der Waals surface area contributed by atoms with Crippen LogP contribution in [-0.4, -0.2) is 49.6 Å². The summed E-state index contributed by atoms with van der Waals surface area (Å²) in [6.07, 6.45) is 0.715. The van der Waals surface area contributed by atoms with Gasteiger partial charge in [-0.15, -0.1) is 11.3 Å². The highest BCUT2D eigenvalue weighted by molar-refractivity contribution is 7.09. The molecule has 0 bridgehead atoms. The molecule has 9 nitrogen and oxygen atoms in total. The number of anilines is 2. The summed E-state index contributed by atoms with van der Waals surface area (Å²) in [6, 6.07) is 11.8. The normalized spacial score (nSPS) is 12.8. The lowest BCUT2D eigenvalue weighted by Gasteiger charge is -2.29. The number of carbonyl (C=O) groups excluding carboxylic acids is 3. The highest BCUT2D eigenvalue weighted by Crippen LogP contribution is 2.36. The number of methoxy groups -OCH3 is 1. The van der Waals surface area contributed by atoms with Crippen molar-refractivity contribution in [2.75, 3.05) is 37.1 Å². The molecule has 2 aromatic carbocycles. The number of rotatable bonds is 8. The molecule has 1 aliphatic heterocycles. The summed E-state index contributed by atoms with van der Waals surface area (Å²) in [7, 11) is 1.65. The Balaban J connectivity index is 1.56. The predicted octanol–water partition coefficient (Wildman–Crippen LogP) is 2.46. The van der Waals surface area contributed by atoms with Crippen LogP contribution in [0.1, 0.15) is 15.4 Å². The van der Waals surface area contributed by atoms with Crippen molar-refractivity contribution in [1.29, 1.82) is 0 Å². The van der Waals surface area contributed by atoms with Crippen molar-refractivity contribution in [2.24, 2.45) is 5.73 Å². The molecular formula is C23H22N4O5S. The van der Waals surface area contributed by atoms with Crippen molar-refractivity contribution in [2.45, 2.75) is 6.42 Å². The molecule has 170 valence electrons. The maximum Gasteiger partial charge on any atom is 0.265 e. The Morgan fingerprint density at radius 3 is 2.88 bits per heavy atom. The van der Waals surface area contributed by atoms with Gasteiger partial charge < -0.3 is 20.5 Å². The average molecular weight is 467 g/mol. The molecule has 0 saturated heterocycles. The lowest BCUT2D eigenvalue weighted by atomic mass is 10.1. The molecule has 0 aliphatic carbocycles. The van der Waals surface area contributed by atoms with Crippen LogP contribution < -0.4 is 20.7 Å². The number of carbonyl (C=O) groups is 3. The number of nitrogens with two attached hydrogens (primary N) is 1. The SMILES string of the molecule is COCCc1nc(-c2ccc3c(c2)N(CC(=O)Nc2ccccc2C(N)=O)C(=O)CO3)cs1. The lowest BCUT2D eigenvalue weighted by Crippen LogP contribution is -2.43. The van der Waals surface area contributed by atoms with Gasteiger partial charge in [0.05, 0.1) is 34.2 Å². The van der Waals surface area contributed by atoms with E-state index in [0.717, 1.165) is 16.3 Å². The Labute approximate surface area is 194 Å². The van der Waals surface area contributed by atoms with Gasteiger partial charge in [0, 0.05) is 24.5 Å². The van der Waals surface area contributed by atoms with Crippen molar-refractivity contribution >= 4 is 40.4 Å². The van der Waals surface area contributed by atoms with Gasteiger partial charge in [0.1, 0.15) is 12.3 Å². The first-order chi connectivity index (χ1) is 16.0. The summed E-state index contributed by atoms with van der Waals surface area (Å²) >= 11 is 1.53. The first-order valence-corrected chi connectivity index (χ1v) is 11.0. The van der Waals surface area contributed by atoms with E-state index in [9.17, 15) is 14.4 Å². The molecule has 2 heterocycles. The average Bonchev–Trinajstić information content (AvgIpc) is 3.28. The molecule has 0 radical (unpaired) electrons. The number of amides is 3. The maximum absolute atomic E-state index is 12.7. The Hall–Kier alpha value is -3.76. The van der Waals surface area contributed by atoms with E-state index in [-0.39, 0.29) is 30.3 Å². The number of aromatic nitrogens is 1. The van der Waals surface area contributed by atoms with Crippen LogP contribution in [0, 0.1) is 0 Å². The molecule has 10 heteroatoms. The van der Waals surface area contributed by atoms with Gasteiger partial charge in [-0.1, -0.05) is 12.1 Å². The molecule has 33 heavy (non-hydrogen) atoms.